The second-order valence-corrected chi connectivity index (χ2v) is 2.94. The molecule has 1 nitrogen and oxygen atoms in total. The van der Waals surface area contributed by atoms with Crippen LogP contribution in [0.3, 0.4) is 0 Å². The first-order valence-electron chi connectivity index (χ1n) is 2.94. The van der Waals surface area contributed by atoms with Gasteiger partial charge >= 0.3 is 0 Å². The van der Waals surface area contributed by atoms with Crippen molar-refractivity contribution in [2.75, 3.05) is 12.4 Å². The van der Waals surface area contributed by atoms with Crippen molar-refractivity contribution in [2.45, 2.75) is 24.9 Å². The minimum Gasteiger partial charge on any atom is -0.377 e. The number of halogens is 1. The Labute approximate surface area is 58.5 Å². The van der Waals surface area contributed by atoms with Gasteiger partial charge in [0.05, 0.1) is 5.60 Å². The average molecular weight is 179 g/mol. The summed E-state index contributed by atoms with van der Waals surface area (Å²) in [6.07, 6.45) is 3.79. The lowest BCUT2D eigenvalue weighted by Gasteiger charge is -2.38. The van der Waals surface area contributed by atoms with Gasteiger partial charge in [0.25, 0.3) is 0 Å². The highest BCUT2D eigenvalue weighted by atomic mass is 79.9. The number of hydrogen-bond acceptors (Lipinski definition) is 1. The fourth-order valence-electron chi connectivity index (χ4n) is 0.963. The third-order valence-corrected chi connectivity index (χ3v) is 2.96. The van der Waals surface area contributed by atoms with Crippen LogP contribution in [0, 0.1) is 0 Å². The molecule has 0 aromatic rings. The van der Waals surface area contributed by atoms with E-state index in [1.807, 2.05) is 0 Å². The summed E-state index contributed by atoms with van der Waals surface area (Å²) >= 11 is 3.42. The molecule has 0 heterocycles. The molecule has 0 bridgehead atoms. The van der Waals surface area contributed by atoms with Crippen LogP contribution >= 0.6 is 15.9 Å². The van der Waals surface area contributed by atoms with Gasteiger partial charge in [0.1, 0.15) is 0 Å². The Bertz CT molecular complexity index is 65.1. The van der Waals surface area contributed by atoms with Crippen LogP contribution in [0.2, 0.25) is 0 Å². The number of alkyl halides is 1. The van der Waals surface area contributed by atoms with Crippen molar-refractivity contribution in [3.63, 3.8) is 0 Å². The summed E-state index contributed by atoms with van der Waals surface area (Å²) in [6, 6.07) is 0. The van der Waals surface area contributed by atoms with E-state index in [1.165, 1.54) is 19.3 Å². The first kappa shape index (κ1) is 6.56. The first-order valence-corrected chi connectivity index (χ1v) is 4.06. The van der Waals surface area contributed by atoms with E-state index < -0.39 is 0 Å². The molecule has 8 heavy (non-hydrogen) atoms. The zero-order valence-electron chi connectivity index (χ0n) is 5.11. The summed E-state index contributed by atoms with van der Waals surface area (Å²) in [5, 5.41) is 0.997. The van der Waals surface area contributed by atoms with Gasteiger partial charge in [0, 0.05) is 12.4 Å². The molecule has 1 aliphatic carbocycles. The maximum Gasteiger partial charge on any atom is 0.0775 e. The molecule has 1 fully saturated rings. The second-order valence-electron chi connectivity index (χ2n) is 2.37. The fourth-order valence-corrected chi connectivity index (χ4v) is 1.75. The Morgan fingerprint density at radius 2 is 2.25 bits per heavy atom. The molecule has 0 unspecified atom stereocenters. The Kier molecular flexibility index (Phi) is 1.93. The number of methoxy groups -OCH3 is 1. The van der Waals surface area contributed by atoms with E-state index in [2.05, 4.69) is 15.9 Å². The minimum absolute atomic E-state index is 0.222. The van der Waals surface area contributed by atoms with Crippen molar-refractivity contribution in [3.8, 4) is 0 Å². The monoisotopic (exact) mass is 178 g/mol. The molecule has 0 aromatic carbocycles. The molecule has 1 rings (SSSR count). The van der Waals surface area contributed by atoms with Crippen LogP contribution in [0.1, 0.15) is 19.3 Å². The van der Waals surface area contributed by atoms with Crippen molar-refractivity contribution >= 4 is 15.9 Å². The SMILES string of the molecule is COC1(CBr)CCC1. The van der Waals surface area contributed by atoms with E-state index in [0.29, 0.717) is 0 Å². The highest BCUT2D eigenvalue weighted by molar-refractivity contribution is 9.09. The van der Waals surface area contributed by atoms with Crippen molar-refractivity contribution in [2.24, 2.45) is 0 Å². The summed E-state index contributed by atoms with van der Waals surface area (Å²) in [4.78, 5) is 0. The smallest absolute Gasteiger partial charge is 0.0775 e. The van der Waals surface area contributed by atoms with Crippen molar-refractivity contribution in [1.82, 2.24) is 0 Å². The van der Waals surface area contributed by atoms with Gasteiger partial charge in [-0.1, -0.05) is 15.9 Å². The molecule has 0 aromatic heterocycles. The van der Waals surface area contributed by atoms with Crippen molar-refractivity contribution < 1.29 is 4.74 Å². The summed E-state index contributed by atoms with van der Waals surface area (Å²) in [6.45, 7) is 0. The van der Waals surface area contributed by atoms with Gasteiger partial charge in [-0.25, -0.2) is 0 Å². The maximum atomic E-state index is 5.28. The second kappa shape index (κ2) is 2.36. The van der Waals surface area contributed by atoms with E-state index in [0.717, 1.165) is 5.33 Å². The van der Waals surface area contributed by atoms with Gasteiger partial charge in [-0.2, -0.15) is 0 Å². The topological polar surface area (TPSA) is 9.23 Å². The molecule has 0 amide bonds. The Morgan fingerprint density at radius 3 is 2.25 bits per heavy atom. The van der Waals surface area contributed by atoms with E-state index in [-0.39, 0.29) is 5.60 Å². The van der Waals surface area contributed by atoms with Crippen LogP contribution < -0.4 is 0 Å². The zero-order chi connectivity index (χ0) is 6.04. The average Bonchev–Trinajstić information content (AvgIpc) is 1.67. The Hall–Kier alpha value is 0.440. The Balaban J connectivity index is 2.33. The third kappa shape index (κ3) is 0.914. The third-order valence-electron chi connectivity index (χ3n) is 1.94. The van der Waals surface area contributed by atoms with Gasteiger partial charge in [-0.05, 0) is 19.3 Å². The maximum absolute atomic E-state index is 5.28. The predicted molar refractivity (Wildman–Crippen MR) is 37.4 cm³/mol. The van der Waals surface area contributed by atoms with Crippen LogP contribution in [0.5, 0.6) is 0 Å². The molecule has 48 valence electrons. The normalized spacial score (nSPS) is 24.8. The molecule has 0 radical (unpaired) electrons. The van der Waals surface area contributed by atoms with Crippen molar-refractivity contribution in [3.05, 3.63) is 0 Å². The van der Waals surface area contributed by atoms with Gasteiger partial charge < -0.3 is 4.74 Å². The van der Waals surface area contributed by atoms with Gasteiger partial charge in [-0.15, -0.1) is 0 Å². The molecule has 0 aliphatic heterocycles. The van der Waals surface area contributed by atoms with Crippen LogP contribution in [0.4, 0.5) is 0 Å². The van der Waals surface area contributed by atoms with E-state index >= 15 is 0 Å². The molecular weight excluding hydrogens is 168 g/mol. The lowest BCUT2D eigenvalue weighted by molar-refractivity contribution is -0.0503. The molecule has 0 spiro atoms. The van der Waals surface area contributed by atoms with Crippen molar-refractivity contribution in [1.29, 1.82) is 0 Å². The summed E-state index contributed by atoms with van der Waals surface area (Å²) in [5.74, 6) is 0. The molecule has 1 saturated carbocycles. The van der Waals surface area contributed by atoms with E-state index in [1.54, 1.807) is 7.11 Å². The van der Waals surface area contributed by atoms with Gasteiger partial charge in [-0.3, -0.25) is 0 Å². The molecular formula is C6H11BrO. The summed E-state index contributed by atoms with van der Waals surface area (Å²) in [7, 11) is 1.79. The lowest BCUT2D eigenvalue weighted by Crippen LogP contribution is -2.40. The Morgan fingerprint density at radius 1 is 1.62 bits per heavy atom. The molecule has 0 atom stereocenters. The molecule has 0 saturated heterocycles. The van der Waals surface area contributed by atoms with Crippen LogP contribution in [-0.2, 0) is 4.74 Å². The fraction of sp³-hybridized carbons (Fsp3) is 1.00. The minimum atomic E-state index is 0.222. The highest BCUT2D eigenvalue weighted by Crippen LogP contribution is 2.36. The zero-order valence-corrected chi connectivity index (χ0v) is 6.70. The van der Waals surface area contributed by atoms with Crippen LogP contribution in [-0.4, -0.2) is 18.0 Å². The standard InChI is InChI=1S/C6H11BrO/c1-8-6(5-7)3-2-4-6/h2-5H2,1H3. The quantitative estimate of drug-likeness (QED) is 0.588. The van der Waals surface area contributed by atoms with E-state index in [4.69, 9.17) is 4.74 Å². The molecule has 2 heteroatoms. The van der Waals surface area contributed by atoms with E-state index in [9.17, 15) is 0 Å². The largest absolute Gasteiger partial charge is 0.377 e. The highest BCUT2D eigenvalue weighted by Gasteiger charge is 2.35. The lowest BCUT2D eigenvalue weighted by atomic mass is 9.82. The first-order chi connectivity index (χ1) is 3.83. The van der Waals surface area contributed by atoms with Crippen LogP contribution in [0.15, 0.2) is 0 Å². The summed E-state index contributed by atoms with van der Waals surface area (Å²) in [5.41, 5.74) is 0.222. The number of hydrogen-bond donors (Lipinski definition) is 0. The summed E-state index contributed by atoms with van der Waals surface area (Å²) < 4.78 is 5.28. The number of ether oxygens (including phenoxy) is 1. The molecule has 0 N–H and O–H groups in total. The molecule has 1 aliphatic rings. The number of rotatable bonds is 2. The van der Waals surface area contributed by atoms with Crippen LogP contribution in [0.25, 0.3) is 0 Å². The predicted octanol–water partition coefficient (Wildman–Crippen LogP) is 1.95. The van der Waals surface area contributed by atoms with Gasteiger partial charge in [0.15, 0.2) is 0 Å². The van der Waals surface area contributed by atoms with Gasteiger partial charge in [0.2, 0.25) is 0 Å².